The molecule has 0 aliphatic carbocycles. The summed E-state index contributed by atoms with van der Waals surface area (Å²) >= 11 is 1.49. The van der Waals surface area contributed by atoms with Gasteiger partial charge < -0.3 is 4.42 Å². The van der Waals surface area contributed by atoms with Crippen molar-refractivity contribution >= 4 is 23.5 Å². The van der Waals surface area contributed by atoms with E-state index < -0.39 is 0 Å². The molecule has 0 fully saturated rings. The smallest absolute Gasteiger partial charge is 0.336 e. The molecule has 25 heavy (non-hydrogen) atoms. The minimum atomic E-state index is -0.365. The van der Waals surface area contributed by atoms with Crippen LogP contribution in [0.4, 0.5) is 0 Å². The van der Waals surface area contributed by atoms with Gasteiger partial charge in [-0.3, -0.25) is 4.40 Å². The average molecular weight is 346 g/mol. The number of fused-ring (bicyclic) bond motifs is 1. The van der Waals surface area contributed by atoms with E-state index in [1.807, 2.05) is 59.1 Å². The summed E-state index contributed by atoms with van der Waals surface area (Å²) in [5.41, 5.74) is 3.44. The van der Waals surface area contributed by atoms with Crippen molar-refractivity contribution in [3.8, 4) is 11.3 Å². The molecule has 0 spiro atoms. The zero-order chi connectivity index (χ0) is 17.2. The molecule has 122 valence electrons. The number of hydrogen-bond acceptors (Lipinski definition) is 4. The highest BCUT2D eigenvalue weighted by atomic mass is 32.2. The van der Waals surface area contributed by atoms with Gasteiger partial charge in [-0.2, -0.15) is 0 Å². The van der Waals surface area contributed by atoms with Gasteiger partial charge >= 0.3 is 5.63 Å². The summed E-state index contributed by atoms with van der Waals surface area (Å²) in [4.78, 5) is 17.1. The van der Waals surface area contributed by atoms with Crippen molar-refractivity contribution in [2.45, 2.75) is 9.92 Å². The minimum Gasteiger partial charge on any atom is -0.431 e. The Morgan fingerprint density at radius 1 is 1.12 bits per heavy atom. The summed E-state index contributed by atoms with van der Waals surface area (Å²) in [5.74, 6) is 0. The molecule has 0 atom stereocenters. The lowest BCUT2D eigenvalue weighted by atomic mass is 10.1. The molecule has 5 heteroatoms. The lowest BCUT2D eigenvalue weighted by molar-refractivity contribution is 0.506. The van der Waals surface area contributed by atoms with E-state index in [0.717, 1.165) is 32.4 Å². The Morgan fingerprint density at radius 2 is 1.96 bits per heavy atom. The highest BCUT2D eigenvalue weighted by Gasteiger charge is 2.15. The summed E-state index contributed by atoms with van der Waals surface area (Å²) in [6.45, 7) is 3.79. The van der Waals surface area contributed by atoms with Gasteiger partial charge in [0.25, 0.3) is 0 Å². The first-order chi connectivity index (χ1) is 12.2. The van der Waals surface area contributed by atoms with E-state index in [1.54, 1.807) is 6.07 Å². The molecule has 0 N–H and O–H groups in total. The second-order valence-electron chi connectivity index (χ2n) is 5.41. The van der Waals surface area contributed by atoms with Crippen molar-refractivity contribution in [1.82, 2.24) is 9.38 Å². The van der Waals surface area contributed by atoms with E-state index in [9.17, 15) is 4.79 Å². The number of pyridine rings is 1. The average Bonchev–Trinajstić information content (AvgIpc) is 3.00. The molecule has 0 aliphatic rings. The third-order valence-electron chi connectivity index (χ3n) is 3.80. The van der Waals surface area contributed by atoms with Crippen molar-refractivity contribution in [2.75, 3.05) is 0 Å². The van der Waals surface area contributed by atoms with Crippen molar-refractivity contribution in [3.63, 3.8) is 0 Å². The molecular formula is C20H14N2O2S. The zero-order valence-corrected chi connectivity index (χ0v) is 14.1. The van der Waals surface area contributed by atoms with E-state index >= 15 is 0 Å². The summed E-state index contributed by atoms with van der Waals surface area (Å²) in [6, 6.07) is 17.2. The lowest BCUT2D eigenvalue weighted by Crippen LogP contribution is -1.95. The Labute approximate surface area is 148 Å². The van der Waals surface area contributed by atoms with Gasteiger partial charge in [-0.25, -0.2) is 9.78 Å². The fraction of sp³-hybridized carbons (Fsp3) is 0. The topological polar surface area (TPSA) is 47.5 Å². The molecule has 0 saturated carbocycles. The van der Waals surface area contributed by atoms with E-state index in [1.165, 1.54) is 24.1 Å². The van der Waals surface area contributed by atoms with E-state index in [2.05, 4.69) is 6.58 Å². The highest BCUT2D eigenvalue weighted by molar-refractivity contribution is 7.99. The fourth-order valence-corrected chi connectivity index (χ4v) is 3.59. The van der Waals surface area contributed by atoms with Crippen molar-refractivity contribution in [2.24, 2.45) is 0 Å². The second kappa shape index (κ2) is 6.45. The maximum Gasteiger partial charge on any atom is 0.336 e. The van der Waals surface area contributed by atoms with Gasteiger partial charge in [0.2, 0.25) is 0 Å². The van der Waals surface area contributed by atoms with Crippen LogP contribution in [0.15, 0.2) is 92.8 Å². The first-order valence-corrected chi connectivity index (χ1v) is 8.53. The highest BCUT2D eigenvalue weighted by Crippen LogP contribution is 2.36. The molecule has 3 aromatic heterocycles. The Kier molecular flexibility index (Phi) is 3.99. The van der Waals surface area contributed by atoms with Crippen LogP contribution in [-0.2, 0) is 0 Å². The van der Waals surface area contributed by atoms with Crippen molar-refractivity contribution in [3.05, 3.63) is 89.6 Å². The molecule has 3 heterocycles. The third kappa shape index (κ3) is 3.02. The molecule has 0 saturated heterocycles. The largest absolute Gasteiger partial charge is 0.431 e. The number of rotatable bonds is 4. The predicted molar refractivity (Wildman–Crippen MR) is 99.8 cm³/mol. The van der Waals surface area contributed by atoms with E-state index in [-0.39, 0.29) is 5.63 Å². The lowest BCUT2D eigenvalue weighted by Gasteiger charge is -2.05. The van der Waals surface area contributed by atoms with Gasteiger partial charge in [0.15, 0.2) is 0 Å². The number of nitrogens with zero attached hydrogens (tertiary/aromatic N) is 2. The summed E-state index contributed by atoms with van der Waals surface area (Å²) in [6.07, 6.45) is 5.19. The predicted octanol–water partition coefficient (Wildman–Crippen LogP) is 4.75. The van der Waals surface area contributed by atoms with Crippen LogP contribution in [0, 0.1) is 0 Å². The Morgan fingerprint density at radius 3 is 2.72 bits per heavy atom. The van der Waals surface area contributed by atoms with E-state index in [0.29, 0.717) is 0 Å². The number of benzene rings is 1. The van der Waals surface area contributed by atoms with Crippen LogP contribution in [0.5, 0.6) is 0 Å². The molecule has 0 unspecified atom stereocenters. The summed E-state index contributed by atoms with van der Waals surface area (Å²) in [7, 11) is 0. The molecular weight excluding hydrogens is 332 g/mol. The van der Waals surface area contributed by atoms with Gasteiger partial charge in [0, 0.05) is 22.7 Å². The molecule has 0 aliphatic heterocycles. The Bertz CT molecular complexity index is 1110. The normalized spacial score (nSPS) is 10.9. The van der Waals surface area contributed by atoms with Gasteiger partial charge in [0.05, 0.1) is 6.26 Å². The standard InChI is InChI=1S/C20H14N2O2S/c1-2-14-6-8-15(9-7-14)19-20(22-11-4-3-5-17(22)21-19)25-16-10-12-24-18(23)13-16/h2-13H,1H2. The van der Waals surface area contributed by atoms with E-state index in [4.69, 9.17) is 9.40 Å². The molecule has 0 radical (unpaired) electrons. The number of hydrogen-bond donors (Lipinski definition) is 0. The van der Waals surface area contributed by atoms with Gasteiger partial charge in [-0.05, 0) is 23.8 Å². The molecule has 4 rings (SSSR count). The summed E-state index contributed by atoms with van der Waals surface area (Å²) < 4.78 is 6.84. The Hall–Kier alpha value is -3.05. The van der Waals surface area contributed by atoms with Crippen LogP contribution in [0.1, 0.15) is 5.56 Å². The molecule has 4 nitrogen and oxygen atoms in total. The van der Waals surface area contributed by atoms with Gasteiger partial charge in [-0.1, -0.05) is 54.7 Å². The van der Waals surface area contributed by atoms with Crippen LogP contribution < -0.4 is 5.63 Å². The number of imidazole rings is 1. The van der Waals surface area contributed by atoms with Crippen LogP contribution >= 0.6 is 11.8 Å². The molecule has 0 bridgehead atoms. The first-order valence-electron chi connectivity index (χ1n) is 7.71. The second-order valence-corrected chi connectivity index (χ2v) is 6.47. The molecule has 1 aromatic carbocycles. The van der Waals surface area contributed by atoms with Gasteiger partial charge in [0.1, 0.15) is 16.4 Å². The molecule has 4 aromatic rings. The fourth-order valence-electron chi connectivity index (χ4n) is 2.58. The number of aromatic nitrogens is 2. The third-order valence-corrected chi connectivity index (χ3v) is 4.87. The maximum atomic E-state index is 11.5. The van der Waals surface area contributed by atoms with Crippen LogP contribution in [-0.4, -0.2) is 9.38 Å². The van der Waals surface area contributed by atoms with Crippen LogP contribution in [0.2, 0.25) is 0 Å². The van der Waals surface area contributed by atoms with Crippen LogP contribution in [0.25, 0.3) is 23.0 Å². The quantitative estimate of drug-likeness (QED) is 0.535. The molecule has 0 amide bonds. The summed E-state index contributed by atoms with van der Waals surface area (Å²) in [5, 5.41) is 0.951. The monoisotopic (exact) mass is 346 g/mol. The first kappa shape index (κ1) is 15.5. The zero-order valence-electron chi connectivity index (χ0n) is 13.3. The minimum absolute atomic E-state index is 0.365. The SMILES string of the molecule is C=Cc1ccc(-c2nc3ccccn3c2Sc2ccoc(=O)c2)cc1. The maximum absolute atomic E-state index is 11.5. The van der Waals surface area contributed by atoms with Crippen LogP contribution in [0.3, 0.4) is 0 Å². The van der Waals surface area contributed by atoms with Crippen molar-refractivity contribution < 1.29 is 4.42 Å². The van der Waals surface area contributed by atoms with Gasteiger partial charge in [-0.15, -0.1) is 0 Å². The Balaban J connectivity index is 1.88. The van der Waals surface area contributed by atoms with Crippen molar-refractivity contribution in [1.29, 1.82) is 0 Å².